The Hall–Kier alpha value is -3.29. The minimum atomic E-state index is 0.00627. The Labute approximate surface area is 149 Å². The highest BCUT2D eigenvalue weighted by Gasteiger charge is 2.31. The lowest BCUT2D eigenvalue weighted by Crippen LogP contribution is -2.28. The van der Waals surface area contributed by atoms with Crippen LogP contribution in [-0.4, -0.2) is 34.1 Å². The van der Waals surface area contributed by atoms with Crippen molar-refractivity contribution in [3.63, 3.8) is 0 Å². The van der Waals surface area contributed by atoms with Crippen LogP contribution in [0.3, 0.4) is 0 Å². The first-order valence-corrected chi connectivity index (χ1v) is 8.40. The van der Waals surface area contributed by atoms with Crippen LogP contribution < -0.4 is 19.5 Å². The average molecular weight is 351 g/mol. The first-order chi connectivity index (χ1) is 12.8. The molecular formula is C18H17N5O3. The third kappa shape index (κ3) is 2.42. The van der Waals surface area contributed by atoms with Crippen molar-refractivity contribution in [1.29, 1.82) is 0 Å². The van der Waals surface area contributed by atoms with Gasteiger partial charge in [-0.15, -0.1) is 0 Å². The number of aromatic nitrogens is 4. The van der Waals surface area contributed by atoms with Gasteiger partial charge in [0.15, 0.2) is 11.5 Å². The maximum atomic E-state index is 5.51. The van der Waals surface area contributed by atoms with E-state index in [1.165, 1.54) is 0 Å². The summed E-state index contributed by atoms with van der Waals surface area (Å²) in [7, 11) is 1.67. The van der Waals surface area contributed by atoms with Crippen molar-refractivity contribution in [2.75, 3.05) is 19.2 Å². The first-order valence-electron chi connectivity index (χ1n) is 8.40. The lowest BCUT2D eigenvalue weighted by Gasteiger charge is -2.31. The van der Waals surface area contributed by atoms with Crippen molar-refractivity contribution in [3.05, 3.63) is 53.6 Å². The number of anilines is 1. The summed E-state index contributed by atoms with van der Waals surface area (Å²) in [6.45, 7) is 0.265. The van der Waals surface area contributed by atoms with E-state index in [1.54, 1.807) is 7.11 Å². The Kier molecular flexibility index (Phi) is 3.41. The fraction of sp³-hybridized carbons (Fsp3) is 0.278. The van der Waals surface area contributed by atoms with Crippen LogP contribution in [0.1, 0.15) is 29.6 Å². The lowest BCUT2D eigenvalue weighted by molar-refractivity contribution is 0.174. The van der Waals surface area contributed by atoms with Crippen LogP contribution >= 0.6 is 0 Å². The van der Waals surface area contributed by atoms with Gasteiger partial charge < -0.3 is 19.5 Å². The number of tetrazole rings is 1. The highest BCUT2D eigenvalue weighted by molar-refractivity contribution is 5.47. The quantitative estimate of drug-likeness (QED) is 0.776. The molecule has 0 fully saturated rings. The van der Waals surface area contributed by atoms with Gasteiger partial charge in [-0.05, 0) is 52.2 Å². The molecule has 2 aliphatic heterocycles. The molecule has 2 aliphatic rings. The fourth-order valence-electron chi connectivity index (χ4n) is 3.51. The molecule has 5 rings (SSSR count). The van der Waals surface area contributed by atoms with E-state index >= 15 is 0 Å². The van der Waals surface area contributed by atoms with Gasteiger partial charge in [0.05, 0.1) is 19.2 Å². The summed E-state index contributed by atoms with van der Waals surface area (Å²) in [4.78, 5) is 0. The summed E-state index contributed by atoms with van der Waals surface area (Å²) in [5.74, 6) is 3.01. The van der Waals surface area contributed by atoms with Gasteiger partial charge in [-0.2, -0.15) is 0 Å². The summed E-state index contributed by atoms with van der Waals surface area (Å²) in [5.41, 5.74) is 2.21. The van der Waals surface area contributed by atoms with Gasteiger partial charge in [0.1, 0.15) is 5.75 Å². The molecule has 3 aromatic rings. The zero-order valence-corrected chi connectivity index (χ0v) is 14.1. The van der Waals surface area contributed by atoms with Crippen LogP contribution in [0.4, 0.5) is 5.95 Å². The molecule has 26 heavy (non-hydrogen) atoms. The van der Waals surface area contributed by atoms with Gasteiger partial charge in [0.25, 0.3) is 0 Å². The molecule has 0 aliphatic carbocycles. The van der Waals surface area contributed by atoms with E-state index in [2.05, 4.69) is 26.9 Å². The van der Waals surface area contributed by atoms with Crippen molar-refractivity contribution < 1.29 is 14.2 Å². The highest BCUT2D eigenvalue weighted by Crippen LogP contribution is 2.41. The summed E-state index contributed by atoms with van der Waals surface area (Å²) >= 11 is 0. The monoisotopic (exact) mass is 351 g/mol. The standard InChI is InChI=1S/C18H17N5O3/c1-24-13-4-2-3-12(7-13)15-9-14(19-18-20-21-22-23(15)18)11-5-6-16-17(8-11)26-10-25-16/h2-8,14-15H,9-10H2,1H3,(H,19,20,22)/t14-,15+/m1/s1. The number of methoxy groups -OCH3 is 1. The van der Waals surface area contributed by atoms with Gasteiger partial charge in [0.2, 0.25) is 12.7 Å². The zero-order chi connectivity index (χ0) is 17.5. The van der Waals surface area contributed by atoms with Crippen LogP contribution in [-0.2, 0) is 0 Å². The maximum Gasteiger partial charge on any atom is 0.243 e. The maximum absolute atomic E-state index is 5.51. The molecule has 2 atom stereocenters. The van der Waals surface area contributed by atoms with Crippen LogP contribution in [0.15, 0.2) is 42.5 Å². The fourth-order valence-corrected chi connectivity index (χ4v) is 3.51. The molecule has 0 unspecified atom stereocenters. The molecule has 1 N–H and O–H groups in total. The molecule has 0 radical (unpaired) electrons. The third-order valence-corrected chi connectivity index (χ3v) is 4.83. The van der Waals surface area contributed by atoms with Crippen LogP contribution in [0.25, 0.3) is 0 Å². The number of rotatable bonds is 3. The van der Waals surface area contributed by atoms with E-state index in [1.807, 2.05) is 41.1 Å². The normalized spacial score (nSPS) is 20.3. The van der Waals surface area contributed by atoms with Crippen LogP contribution in [0.2, 0.25) is 0 Å². The largest absolute Gasteiger partial charge is 0.497 e. The Morgan fingerprint density at radius 2 is 2.04 bits per heavy atom. The van der Waals surface area contributed by atoms with Crippen molar-refractivity contribution >= 4 is 5.95 Å². The number of hydrogen-bond donors (Lipinski definition) is 1. The molecule has 2 aromatic carbocycles. The minimum Gasteiger partial charge on any atom is -0.497 e. The first kappa shape index (κ1) is 15.0. The van der Waals surface area contributed by atoms with Gasteiger partial charge in [-0.3, -0.25) is 0 Å². The predicted molar refractivity (Wildman–Crippen MR) is 92.5 cm³/mol. The molecule has 1 aromatic heterocycles. The average Bonchev–Trinajstić information content (AvgIpc) is 3.35. The number of fused-ring (bicyclic) bond motifs is 2. The second kappa shape index (κ2) is 5.91. The summed E-state index contributed by atoms with van der Waals surface area (Å²) in [5, 5.41) is 15.5. The molecule has 0 spiro atoms. The van der Waals surface area contributed by atoms with E-state index in [9.17, 15) is 0 Å². The minimum absolute atomic E-state index is 0.00627. The Balaban J connectivity index is 1.52. The SMILES string of the molecule is COc1cccc([C@@H]2C[C@H](c3ccc4c(c3)OCO4)Nc3nnnn32)c1. The number of nitrogens with one attached hydrogen (secondary N) is 1. The predicted octanol–water partition coefficient (Wildman–Crippen LogP) is 2.56. The van der Waals surface area contributed by atoms with Crippen LogP contribution in [0, 0.1) is 0 Å². The second-order valence-electron chi connectivity index (χ2n) is 6.28. The molecule has 8 heteroatoms. The van der Waals surface area contributed by atoms with E-state index < -0.39 is 0 Å². The van der Waals surface area contributed by atoms with Crippen molar-refractivity contribution in [2.45, 2.75) is 18.5 Å². The zero-order valence-electron chi connectivity index (χ0n) is 14.1. The highest BCUT2D eigenvalue weighted by atomic mass is 16.7. The summed E-state index contributed by atoms with van der Waals surface area (Å²) in [6, 6.07) is 14.1. The van der Waals surface area contributed by atoms with Gasteiger partial charge in [0, 0.05) is 0 Å². The van der Waals surface area contributed by atoms with Gasteiger partial charge in [-0.1, -0.05) is 23.3 Å². The molecule has 0 saturated heterocycles. The number of benzene rings is 2. The molecular weight excluding hydrogens is 334 g/mol. The van der Waals surface area contributed by atoms with E-state index in [0.29, 0.717) is 5.95 Å². The number of nitrogens with zero attached hydrogens (tertiary/aromatic N) is 4. The molecule has 132 valence electrons. The van der Waals surface area contributed by atoms with Crippen molar-refractivity contribution in [2.24, 2.45) is 0 Å². The second-order valence-corrected chi connectivity index (χ2v) is 6.28. The van der Waals surface area contributed by atoms with Gasteiger partial charge >= 0.3 is 0 Å². The van der Waals surface area contributed by atoms with Crippen molar-refractivity contribution in [3.8, 4) is 17.2 Å². The van der Waals surface area contributed by atoms with E-state index in [4.69, 9.17) is 14.2 Å². The lowest BCUT2D eigenvalue weighted by atomic mass is 9.93. The van der Waals surface area contributed by atoms with E-state index in [-0.39, 0.29) is 18.9 Å². The molecule has 0 bridgehead atoms. The Morgan fingerprint density at radius 1 is 1.12 bits per heavy atom. The third-order valence-electron chi connectivity index (χ3n) is 4.83. The van der Waals surface area contributed by atoms with Crippen molar-refractivity contribution in [1.82, 2.24) is 20.2 Å². The summed E-state index contributed by atoms with van der Waals surface area (Å²) in [6.07, 6.45) is 0.796. The topological polar surface area (TPSA) is 83.3 Å². The molecule has 8 nitrogen and oxygen atoms in total. The van der Waals surface area contributed by atoms with E-state index in [0.717, 1.165) is 34.8 Å². The Bertz CT molecular complexity index is 958. The smallest absolute Gasteiger partial charge is 0.243 e. The molecule has 3 heterocycles. The summed E-state index contributed by atoms with van der Waals surface area (Å²) < 4.78 is 18.1. The van der Waals surface area contributed by atoms with Gasteiger partial charge in [-0.25, -0.2) is 4.68 Å². The number of hydrogen-bond acceptors (Lipinski definition) is 7. The molecule has 0 amide bonds. The van der Waals surface area contributed by atoms with Crippen LogP contribution in [0.5, 0.6) is 17.2 Å². The number of ether oxygens (including phenoxy) is 3. The Morgan fingerprint density at radius 3 is 2.96 bits per heavy atom. The molecule has 0 saturated carbocycles.